The zero-order valence-corrected chi connectivity index (χ0v) is 13.3. The van der Waals surface area contributed by atoms with Crippen molar-refractivity contribution in [1.82, 2.24) is 0 Å². The van der Waals surface area contributed by atoms with E-state index in [0.29, 0.717) is 12.0 Å². The molecule has 0 saturated heterocycles. The summed E-state index contributed by atoms with van der Waals surface area (Å²) in [4.78, 5) is 12.1. The molecule has 1 unspecified atom stereocenters. The number of ether oxygens (including phenoxy) is 1. The molecule has 0 radical (unpaired) electrons. The highest BCUT2D eigenvalue weighted by Gasteiger charge is 2.35. The van der Waals surface area contributed by atoms with Crippen molar-refractivity contribution >= 4 is 5.97 Å². The number of carbonyl (C=O) groups is 1. The van der Waals surface area contributed by atoms with Crippen molar-refractivity contribution in [3.8, 4) is 11.8 Å². The van der Waals surface area contributed by atoms with Crippen LogP contribution in [0, 0.1) is 17.8 Å². The van der Waals surface area contributed by atoms with Crippen molar-refractivity contribution in [3.63, 3.8) is 0 Å². The third kappa shape index (κ3) is 6.19. The van der Waals surface area contributed by atoms with Gasteiger partial charge in [0.1, 0.15) is 0 Å². The van der Waals surface area contributed by atoms with Crippen LogP contribution in [0.4, 0.5) is 13.2 Å². The lowest BCUT2D eigenvalue weighted by Crippen LogP contribution is -2.21. The Morgan fingerprint density at radius 1 is 1.30 bits per heavy atom. The quantitative estimate of drug-likeness (QED) is 0.584. The van der Waals surface area contributed by atoms with Gasteiger partial charge in [0.25, 0.3) is 0 Å². The van der Waals surface area contributed by atoms with Crippen LogP contribution in [-0.2, 0) is 10.9 Å². The molecule has 0 amide bonds. The molecule has 0 aliphatic rings. The summed E-state index contributed by atoms with van der Waals surface area (Å²) < 4.78 is 44.1. The first kappa shape index (κ1) is 18.8. The summed E-state index contributed by atoms with van der Waals surface area (Å²) in [5.41, 5.74) is -0.933. The summed E-state index contributed by atoms with van der Waals surface area (Å²) in [6.07, 6.45) is -4.97. The molecule has 1 aromatic carbocycles. The van der Waals surface area contributed by atoms with Crippen LogP contribution >= 0.6 is 0 Å². The van der Waals surface area contributed by atoms with Gasteiger partial charge in [-0.1, -0.05) is 44.4 Å². The molecular weight excluding hydrogens is 305 g/mol. The number of carbonyl (C=O) groups excluding carboxylic acids is 1. The molecule has 124 valence electrons. The average molecular weight is 324 g/mol. The van der Waals surface area contributed by atoms with Crippen molar-refractivity contribution in [2.45, 2.75) is 39.5 Å². The SMILES string of the molecule is C=C(C)C#CC(CC(C)C)OC(=O)c1ccccc1C(F)(F)F. The molecule has 23 heavy (non-hydrogen) atoms. The molecule has 0 N–H and O–H groups in total. The van der Waals surface area contributed by atoms with E-state index in [1.807, 2.05) is 13.8 Å². The molecule has 5 heteroatoms. The van der Waals surface area contributed by atoms with E-state index in [1.165, 1.54) is 12.1 Å². The highest BCUT2D eigenvalue weighted by Crippen LogP contribution is 2.32. The molecule has 1 aromatic rings. The second kappa shape index (κ2) is 7.87. The van der Waals surface area contributed by atoms with Crippen molar-refractivity contribution in [3.05, 3.63) is 47.5 Å². The van der Waals surface area contributed by atoms with Crippen LogP contribution in [0.2, 0.25) is 0 Å². The minimum Gasteiger partial charge on any atom is -0.446 e. The van der Waals surface area contributed by atoms with Gasteiger partial charge in [-0.25, -0.2) is 4.79 Å². The number of esters is 1. The molecule has 2 nitrogen and oxygen atoms in total. The van der Waals surface area contributed by atoms with Gasteiger partial charge >= 0.3 is 12.1 Å². The topological polar surface area (TPSA) is 26.3 Å². The van der Waals surface area contributed by atoms with Gasteiger partial charge in [-0.2, -0.15) is 13.2 Å². The van der Waals surface area contributed by atoms with E-state index in [-0.39, 0.29) is 5.92 Å². The Balaban J connectivity index is 3.05. The molecule has 0 aliphatic carbocycles. The maximum atomic E-state index is 13.0. The zero-order valence-electron chi connectivity index (χ0n) is 13.3. The monoisotopic (exact) mass is 324 g/mol. The minimum absolute atomic E-state index is 0.171. The second-order valence-electron chi connectivity index (χ2n) is 5.62. The Morgan fingerprint density at radius 2 is 1.91 bits per heavy atom. The highest BCUT2D eigenvalue weighted by atomic mass is 19.4. The fourth-order valence-electron chi connectivity index (χ4n) is 1.87. The van der Waals surface area contributed by atoms with E-state index in [2.05, 4.69) is 18.4 Å². The molecule has 0 aliphatic heterocycles. The first-order valence-corrected chi connectivity index (χ1v) is 7.15. The Labute approximate surface area is 134 Å². The summed E-state index contributed by atoms with van der Waals surface area (Å²) in [6, 6.07) is 4.55. The Kier molecular flexibility index (Phi) is 6.44. The minimum atomic E-state index is -4.62. The Bertz CT molecular complexity index is 634. The van der Waals surface area contributed by atoms with E-state index < -0.39 is 29.4 Å². The van der Waals surface area contributed by atoms with Crippen LogP contribution in [0.15, 0.2) is 36.4 Å². The van der Waals surface area contributed by atoms with Crippen LogP contribution in [-0.4, -0.2) is 12.1 Å². The molecule has 1 rings (SSSR count). The van der Waals surface area contributed by atoms with Gasteiger partial charge in [-0.3, -0.25) is 0 Å². The van der Waals surface area contributed by atoms with Gasteiger partial charge in [0.05, 0.1) is 11.1 Å². The molecular formula is C18H19F3O2. The van der Waals surface area contributed by atoms with Gasteiger partial charge in [-0.05, 0) is 37.0 Å². The summed E-state index contributed by atoms with van der Waals surface area (Å²) >= 11 is 0. The van der Waals surface area contributed by atoms with Gasteiger partial charge in [0, 0.05) is 0 Å². The standard InChI is InChI=1S/C18H19F3O2/c1-12(2)9-10-14(11-13(3)4)23-17(22)15-7-5-6-8-16(15)18(19,20)21/h5-8,13-14H,1,11H2,2-4H3. The fraction of sp³-hybridized carbons (Fsp3) is 0.389. The van der Waals surface area contributed by atoms with Crippen molar-refractivity contribution < 1.29 is 22.7 Å². The van der Waals surface area contributed by atoms with Crippen LogP contribution in [0.25, 0.3) is 0 Å². The number of benzene rings is 1. The third-order valence-corrected chi connectivity index (χ3v) is 2.83. The summed E-state index contributed by atoms with van der Waals surface area (Å²) in [6.45, 7) is 9.14. The number of halogens is 3. The van der Waals surface area contributed by atoms with E-state index in [9.17, 15) is 18.0 Å². The highest BCUT2D eigenvalue weighted by molar-refractivity contribution is 5.91. The molecule has 1 atom stereocenters. The molecule has 0 fully saturated rings. The Hall–Kier alpha value is -2.22. The van der Waals surface area contributed by atoms with Crippen LogP contribution in [0.3, 0.4) is 0 Å². The lowest BCUT2D eigenvalue weighted by molar-refractivity contribution is -0.138. The number of allylic oxidation sites excluding steroid dienone is 1. The molecule has 0 heterocycles. The number of hydrogen-bond acceptors (Lipinski definition) is 2. The van der Waals surface area contributed by atoms with Gasteiger partial charge < -0.3 is 4.74 Å². The normalized spacial score (nSPS) is 12.3. The largest absolute Gasteiger partial charge is 0.446 e. The first-order valence-electron chi connectivity index (χ1n) is 7.15. The average Bonchev–Trinajstić information content (AvgIpc) is 2.43. The lowest BCUT2D eigenvalue weighted by atomic mass is 10.0. The fourth-order valence-corrected chi connectivity index (χ4v) is 1.87. The van der Waals surface area contributed by atoms with E-state index in [1.54, 1.807) is 6.92 Å². The molecule has 0 saturated carbocycles. The molecule has 0 spiro atoms. The van der Waals surface area contributed by atoms with Crippen molar-refractivity contribution in [2.75, 3.05) is 0 Å². The second-order valence-corrected chi connectivity index (χ2v) is 5.62. The summed E-state index contributed by atoms with van der Waals surface area (Å²) in [5, 5.41) is 0. The van der Waals surface area contributed by atoms with Gasteiger partial charge in [0.15, 0.2) is 6.10 Å². The van der Waals surface area contributed by atoms with E-state index >= 15 is 0 Å². The van der Waals surface area contributed by atoms with Crippen LogP contribution in [0.1, 0.15) is 43.1 Å². The molecule has 0 bridgehead atoms. The smallest absolute Gasteiger partial charge is 0.417 e. The van der Waals surface area contributed by atoms with Crippen molar-refractivity contribution in [2.24, 2.45) is 5.92 Å². The summed E-state index contributed by atoms with van der Waals surface area (Å²) in [7, 11) is 0. The maximum absolute atomic E-state index is 13.0. The zero-order chi connectivity index (χ0) is 17.6. The number of rotatable bonds is 4. The lowest BCUT2D eigenvalue weighted by Gasteiger charge is -2.17. The predicted octanol–water partition coefficient (Wildman–Crippen LogP) is 4.86. The number of alkyl halides is 3. The Morgan fingerprint density at radius 3 is 2.43 bits per heavy atom. The number of hydrogen-bond donors (Lipinski definition) is 0. The third-order valence-electron chi connectivity index (χ3n) is 2.83. The van der Waals surface area contributed by atoms with Crippen LogP contribution in [0.5, 0.6) is 0 Å². The van der Waals surface area contributed by atoms with Crippen molar-refractivity contribution in [1.29, 1.82) is 0 Å². The summed E-state index contributed by atoms with van der Waals surface area (Å²) in [5.74, 6) is 4.59. The van der Waals surface area contributed by atoms with E-state index in [4.69, 9.17) is 4.74 Å². The van der Waals surface area contributed by atoms with E-state index in [0.717, 1.165) is 12.1 Å². The van der Waals surface area contributed by atoms with Gasteiger partial charge in [0.2, 0.25) is 0 Å². The van der Waals surface area contributed by atoms with Gasteiger partial charge in [-0.15, -0.1) is 0 Å². The maximum Gasteiger partial charge on any atom is 0.417 e. The molecule has 0 aromatic heterocycles. The first-order chi connectivity index (χ1) is 10.6. The van der Waals surface area contributed by atoms with Crippen LogP contribution < -0.4 is 0 Å². The predicted molar refractivity (Wildman–Crippen MR) is 82.7 cm³/mol.